The Bertz CT molecular complexity index is 456. The molecule has 0 bridgehead atoms. The molecule has 0 saturated carbocycles. The molecule has 0 radical (unpaired) electrons. The Kier molecular flexibility index (Phi) is 4.00. The van der Waals surface area contributed by atoms with Crippen LogP contribution in [0.15, 0.2) is 18.2 Å². The lowest BCUT2D eigenvalue weighted by Crippen LogP contribution is -2.12. The van der Waals surface area contributed by atoms with Gasteiger partial charge in [0.25, 0.3) is 0 Å². The lowest BCUT2D eigenvalue weighted by molar-refractivity contribution is 0.341. The third-order valence-electron chi connectivity index (χ3n) is 1.93. The highest BCUT2D eigenvalue weighted by Gasteiger charge is 2.05. The van der Waals surface area contributed by atoms with Crippen molar-refractivity contribution in [3.05, 3.63) is 18.2 Å². The molecule has 0 atom stereocenters. The Morgan fingerprint density at radius 3 is 2.56 bits per heavy atom. The van der Waals surface area contributed by atoms with Gasteiger partial charge < -0.3 is 15.2 Å². The summed E-state index contributed by atoms with van der Waals surface area (Å²) in [6, 6.07) is 4.97. The number of benzene rings is 1. The van der Waals surface area contributed by atoms with Crippen LogP contribution < -0.4 is 15.2 Å². The standard InChI is InChI=1S/C10H15NO4S/c1-14-8-3-4-10(9(11)7-8)15-5-6-16(2,12)13/h3-4,7H,5-6,11H2,1-2H3. The van der Waals surface area contributed by atoms with Crippen molar-refractivity contribution in [1.29, 1.82) is 0 Å². The summed E-state index contributed by atoms with van der Waals surface area (Å²) < 4.78 is 32.0. The molecule has 0 unspecified atom stereocenters. The number of anilines is 1. The van der Waals surface area contributed by atoms with Crippen molar-refractivity contribution in [2.24, 2.45) is 0 Å². The molecule has 1 aromatic rings. The molecule has 0 aliphatic rings. The molecular formula is C10H15NO4S. The zero-order valence-electron chi connectivity index (χ0n) is 9.26. The van der Waals surface area contributed by atoms with E-state index in [-0.39, 0.29) is 12.4 Å². The largest absolute Gasteiger partial charge is 0.497 e. The summed E-state index contributed by atoms with van der Waals surface area (Å²) in [4.78, 5) is 0. The van der Waals surface area contributed by atoms with Crippen molar-refractivity contribution in [2.45, 2.75) is 0 Å². The summed E-state index contributed by atoms with van der Waals surface area (Å²) >= 11 is 0. The Hall–Kier alpha value is -1.43. The SMILES string of the molecule is COc1ccc(OCCS(C)(=O)=O)c(N)c1. The van der Waals surface area contributed by atoms with Crippen LogP contribution in [0.4, 0.5) is 5.69 Å². The fourth-order valence-corrected chi connectivity index (χ4v) is 1.47. The number of nitrogen functional groups attached to an aromatic ring is 1. The zero-order valence-corrected chi connectivity index (χ0v) is 10.1. The Labute approximate surface area is 95.1 Å². The van der Waals surface area contributed by atoms with Gasteiger partial charge in [-0.3, -0.25) is 0 Å². The molecule has 2 N–H and O–H groups in total. The molecule has 16 heavy (non-hydrogen) atoms. The third-order valence-corrected chi connectivity index (χ3v) is 2.84. The van der Waals surface area contributed by atoms with E-state index in [0.29, 0.717) is 17.2 Å². The van der Waals surface area contributed by atoms with E-state index in [1.807, 2.05) is 0 Å². The van der Waals surface area contributed by atoms with Gasteiger partial charge >= 0.3 is 0 Å². The Morgan fingerprint density at radius 2 is 2.06 bits per heavy atom. The summed E-state index contributed by atoms with van der Waals surface area (Å²) in [5.41, 5.74) is 6.12. The molecule has 6 heteroatoms. The second kappa shape index (κ2) is 5.07. The minimum atomic E-state index is -3.01. The molecular weight excluding hydrogens is 230 g/mol. The quantitative estimate of drug-likeness (QED) is 0.772. The van der Waals surface area contributed by atoms with E-state index in [0.717, 1.165) is 6.26 Å². The van der Waals surface area contributed by atoms with Gasteiger partial charge in [0.05, 0.1) is 18.6 Å². The molecule has 1 rings (SSSR count). The maximum Gasteiger partial charge on any atom is 0.150 e. The summed E-state index contributed by atoms with van der Waals surface area (Å²) in [5.74, 6) is 1.07. The molecule has 5 nitrogen and oxygen atoms in total. The predicted octanol–water partition coefficient (Wildman–Crippen LogP) is 0.701. The lowest BCUT2D eigenvalue weighted by atomic mass is 10.3. The first-order chi connectivity index (χ1) is 7.42. The first-order valence-electron chi connectivity index (χ1n) is 4.66. The van der Waals surface area contributed by atoms with E-state index in [9.17, 15) is 8.42 Å². The number of ether oxygens (including phenoxy) is 2. The number of hydrogen-bond acceptors (Lipinski definition) is 5. The minimum Gasteiger partial charge on any atom is -0.497 e. The predicted molar refractivity (Wildman–Crippen MR) is 62.6 cm³/mol. The maximum absolute atomic E-state index is 10.9. The molecule has 1 aromatic carbocycles. The zero-order chi connectivity index (χ0) is 12.2. The molecule has 0 aromatic heterocycles. The van der Waals surface area contributed by atoms with E-state index >= 15 is 0 Å². The fraction of sp³-hybridized carbons (Fsp3) is 0.400. The first-order valence-corrected chi connectivity index (χ1v) is 6.72. The minimum absolute atomic E-state index is 0.0293. The van der Waals surface area contributed by atoms with Gasteiger partial charge in [0.15, 0.2) is 9.84 Å². The number of methoxy groups -OCH3 is 1. The fourth-order valence-electron chi connectivity index (χ4n) is 1.09. The van der Waals surface area contributed by atoms with Crippen LogP contribution in [-0.2, 0) is 9.84 Å². The topological polar surface area (TPSA) is 78.6 Å². The summed E-state index contributed by atoms with van der Waals surface area (Å²) in [6.45, 7) is 0.0926. The van der Waals surface area contributed by atoms with Crippen LogP contribution in [-0.4, -0.2) is 34.1 Å². The third kappa shape index (κ3) is 3.98. The number of rotatable bonds is 5. The highest BCUT2D eigenvalue weighted by Crippen LogP contribution is 2.26. The summed E-state index contributed by atoms with van der Waals surface area (Å²) in [6.07, 6.45) is 1.16. The second-order valence-corrected chi connectivity index (χ2v) is 5.64. The van der Waals surface area contributed by atoms with Crippen LogP contribution in [0.2, 0.25) is 0 Å². The Balaban J connectivity index is 2.61. The normalized spacial score (nSPS) is 11.1. The summed E-state index contributed by atoms with van der Waals surface area (Å²) in [7, 11) is -1.47. The van der Waals surface area contributed by atoms with Crippen LogP contribution in [0.5, 0.6) is 11.5 Å². The van der Waals surface area contributed by atoms with Crippen LogP contribution in [0, 0.1) is 0 Å². The number of hydrogen-bond donors (Lipinski definition) is 1. The molecule has 0 fully saturated rings. The number of nitrogens with two attached hydrogens (primary N) is 1. The van der Waals surface area contributed by atoms with Crippen molar-refractivity contribution in [2.75, 3.05) is 31.5 Å². The van der Waals surface area contributed by atoms with E-state index in [1.54, 1.807) is 25.3 Å². The van der Waals surface area contributed by atoms with Crippen molar-refractivity contribution < 1.29 is 17.9 Å². The van der Waals surface area contributed by atoms with Crippen molar-refractivity contribution >= 4 is 15.5 Å². The molecule has 0 aliphatic heterocycles. The van der Waals surface area contributed by atoms with Crippen molar-refractivity contribution in [3.63, 3.8) is 0 Å². The Morgan fingerprint density at radius 1 is 1.38 bits per heavy atom. The van der Waals surface area contributed by atoms with Crippen LogP contribution in [0.25, 0.3) is 0 Å². The van der Waals surface area contributed by atoms with Crippen LogP contribution in [0.1, 0.15) is 0 Å². The van der Waals surface area contributed by atoms with Gasteiger partial charge in [0.1, 0.15) is 18.1 Å². The summed E-state index contributed by atoms with van der Waals surface area (Å²) in [5, 5.41) is 0. The van der Waals surface area contributed by atoms with Crippen molar-refractivity contribution in [3.8, 4) is 11.5 Å². The highest BCUT2D eigenvalue weighted by molar-refractivity contribution is 7.90. The molecule has 0 amide bonds. The highest BCUT2D eigenvalue weighted by atomic mass is 32.2. The van der Waals surface area contributed by atoms with Gasteiger partial charge in [0.2, 0.25) is 0 Å². The van der Waals surface area contributed by atoms with Gasteiger partial charge in [-0.2, -0.15) is 0 Å². The van der Waals surface area contributed by atoms with Crippen molar-refractivity contribution in [1.82, 2.24) is 0 Å². The monoisotopic (exact) mass is 245 g/mol. The van der Waals surface area contributed by atoms with E-state index in [1.165, 1.54) is 0 Å². The molecule has 0 aliphatic carbocycles. The molecule has 90 valence electrons. The second-order valence-electron chi connectivity index (χ2n) is 3.38. The van der Waals surface area contributed by atoms with E-state index in [2.05, 4.69) is 0 Å². The number of sulfone groups is 1. The molecule has 0 saturated heterocycles. The first kappa shape index (κ1) is 12.6. The van der Waals surface area contributed by atoms with Gasteiger partial charge in [0, 0.05) is 12.3 Å². The van der Waals surface area contributed by atoms with Gasteiger partial charge in [-0.1, -0.05) is 0 Å². The molecule has 0 heterocycles. The smallest absolute Gasteiger partial charge is 0.150 e. The average Bonchev–Trinajstić information content (AvgIpc) is 2.18. The van der Waals surface area contributed by atoms with E-state index < -0.39 is 9.84 Å². The van der Waals surface area contributed by atoms with E-state index in [4.69, 9.17) is 15.2 Å². The van der Waals surface area contributed by atoms with Gasteiger partial charge in [-0.15, -0.1) is 0 Å². The van der Waals surface area contributed by atoms with Crippen LogP contribution in [0.3, 0.4) is 0 Å². The van der Waals surface area contributed by atoms with Gasteiger partial charge in [-0.05, 0) is 12.1 Å². The molecule has 0 spiro atoms. The lowest BCUT2D eigenvalue weighted by Gasteiger charge is -2.09. The van der Waals surface area contributed by atoms with Gasteiger partial charge in [-0.25, -0.2) is 8.42 Å². The maximum atomic E-state index is 10.9. The average molecular weight is 245 g/mol. The van der Waals surface area contributed by atoms with Crippen LogP contribution >= 0.6 is 0 Å².